The van der Waals surface area contributed by atoms with E-state index in [9.17, 15) is 20.4 Å². The van der Waals surface area contributed by atoms with E-state index in [1.807, 2.05) is 66.7 Å². The minimum atomic E-state index is -0.940. The lowest BCUT2D eigenvalue weighted by molar-refractivity contribution is 0.468. The van der Waals surface area contributed by atoms with E-state index in [4.69, 9.17) is 0 Å². The molecule has 0 fully saturated rings. The first kappa shape index (κ1) is 27.2. The topological polar surface area (TPSA) is 80.9 Å². The second-order valence-electron chi connectivity index (χ2n) is 10.1. The van der Waals surface area contributed by atoms with Crippen molar-refractivity contribution in [2.24, 2.45) is 0 Å². The lowest BCUT2D eigenvalue weighted by Gasteiger charge is -2.37. The standard InChI is InChI=1S/C37H27BrO4/c38-28-12-8-11-25(21-28)37(24-9-2-1-3-10-24,26-17-19-35(41)31(22-26)29-13-4-6-15-33(29)39)27-18-20-36(42)32(23-27)30-14-5-7-16-34(30)40/h1-23,39-42H. The Hall–Kier alpha value is -5.00. The van der Waals surface area contributed by atoms with E-state index in [-0.39, 0.29) is 23.0 Å². The lowest BCUT2D eigenvalue weighted by atomic mass is 9.64. The summed E-state index contributed by atoms with van der Waals surface area (Å²) < 4.78 is 0.889. The molecule has 0 saturated carbocycles. The van der Waals surface area contributed by atoms with Crippen molar-refractivity contribution in [2.45, 2.75) is 5.41 Å². The Morgan fingerprint density at radius 3 is 1.29 bits per heavy atom. The fraction of sp³-hybridized carbons (Fsp3) is 0.0270. The SMILES string of the molecule is Oc1ccccc1-c1cc(C(c2ccccc2)(c2cccc(Br)c2)c2ccc(O)c(-c3ccccc3O)c2)ccc1O. The maximum atomic E-state index is 11.0. The van der Waals surface area contributed by atoms with Crippen LogP contribution >= 0.6 is 15.9 Å². The zero-order chi connectivity index (χ0) is 29.3. The average Bonchev–Trinajstić information content (AvgIpc) is 3.00. The van der Waals surface area contributed by atoms with Crippen molar-refractivity contribution in [1.82, 2.24) is 0 Å². The molecule has 206 valence electrons. The molecule has 0 heterocycles. The Bertz CT molecular complexity index is 1800. The summed E-state index contributed by atoms with van der Waals surface area (Å²) in [5.41, 5.74) is 4.60. The van der Waals surface area contributed by atoms with Gasteiger partial charge in [-0.2, -0.15) is 0 Å². The first-order chi connectivity index (χ1) is 20.4. The molecule has 0 unspecified atom stereocenters. The van der Waals surface area contributed by atoms with Gasteiger partial charge in [0.25, 0.3) is 0 Å². The minimum Gasteiger partial charge on any atom is -0.507 e. The summed E-state index contributed by atoms with van der Waals surface area (Å²) in [6.45, 7) is 0. The Kier molecular flexibility index (Phi) is 7.19. The highest BCUT2D eigenvalue weighted by atomic mass is 79.9. The molecular formula is C37H27BrO4. The Morgan fingerprint density at radius 2 is 0.786 bits per heavy atom. The van der Waals surface area contributed by atoms with Crippen molar-refractivity contribution in [2.75, 3.05) is 0 Å². The average molecular weight is 616 g/mol. The Balaban J connectivity index is 1.74. The van der Waals surface area contributed by atoms with Gasteiger partial charge < -0.3 is 20.4 Å². The molecule has 0 aliphatic heterocycles. The lowest BCUT2D eigenvalue weighted by Crippen LogP contribution is -2.31. The van der Waals surface area contributed by atoms with E-state index >= 15 is 0 Å². The fourth-order valence-electron chi connectivity index (χ4n) is 5.78. The smallest absolute Gasteiger partial charge is 0.123 e. The van der Waals surface area contributed by atoms with E-state index < -0.39 is 5.41 Å². The second-order valence-corrected chi connectivity index (χ2v) is 11.0. The fourth-order valence-corrected chi connectivity index (χ4v) is 6.18. The van der Waals surface area contributed by atoms with Gasteiger partial charge in [-0.05, 0) is 70.8 Å². The first-order valence-electron chi connectivity index (χ1n) is 13.4. The number of benzene rings is 6. The number of rotatable bonds is 6. The van der Waals surface area contributed by atoms with Gasteiger partial charge in [-0.1, -0.05) is 107 Å². The maximum absolute atomic E-state index is 11.0. The summed E-state index contributed by atoms with van der Waals surface area (Å²) in [5, 5.41) is 43.5. The van der Waals surface area contributed by atoms with Crippen molar-refractivity contribution in [3.63, 3.8) is 0 Å². The van der Waals surface area contributed by atoms with Gasteiger partial charge in [0, 0.05) is 26.7 Å². The van der Waals surface area contributed by atoms with E-state index in [2.05, 4.69) is 40.2 Å². The molecule has 0 radical (unpaired) electrons. The third-order valence-electron chi connectivity index (χ3n) is 7.71. The number of para-hydroxylation sites is 2. The summed E-state index contributed by atoms with van der Waals surface area (Å²) in [4.78, 5) is 0. The number of phenols is 4. The third kappa shape index (κ3) is 4.68. The molecule has 0 amide bonds. The number of hydrogen-bond acceptors (Lipinski definition) is 4. The Morgan fingerprint density at radius 1 is 0.357 bits per heavy atom. The van der Waals surface area contributed by atoms with Gasteiger partial charge in [-0.3, -0.25) is 0 Å². The maximum Gasteiger partial charge on any atom is 0.123 e. The third-order valence-corrected chi connectivity index (χ3v) is 8.21. The predicted octanol–water partition coefficient (Wildman–Crippen LogP) is 8.99. The molecule has 6 rings (SSSR count). The first-order valence-corrected chi connectivity index (χ1v) is 14.2. The zero-order valence-electron chi connectivity index (χ0n) is 22.4. The van der Waals surface area contributed by atoms with Crippen molar-refractivity contribution in [1.29, 1.82) is 0 Å². The molecule has 6 aromatic carbocycles. The predicted molar refractivity (Wildman–Crippen MR) is 170 cm³/mol. The molecule has 0 aliphatic rings. The molecule has 0 aliphatic carbocycles. The molecule has 0 atom stereocenters. The van der Waals surface area contributed by atoms with Crippen molar-refractivity contribution < 1.29 is 20.4 Å². The minimum absolute atomic E-state index is 0.0389. The van der Waals surface area contributed by atoms with Crippen molar-refractivity contribution >= 4 is 15.9 Å². The molecule has 0 saturated heterocycles. The van der Waals surface area contributed by atoms with E-state index in [0.717, 1.165) is 26.7 Å². The van der Waals surface area contributed by atoms with Gasteiger partial charge in [0.2, 0.25) is 0 Å². The summed E-state index contributed by atoms with van der Waals surface area (Å²) >= 11 is 3.67. The van der Waals surface area contributed by atoms with Crippen LogP contribution in [0.5, 0.6) is 23.0 Å². The molecule has 5 heteroatoms. The van der Waals surface area contributed by atoms with Gasteiger partial charge in [-0.25, -0.2) is 0 Å². The molecular weight excluding hydrogens is 588 g/mol. The molecule has 0 spiro atoms. The number of halogens is 1. The number of phenolic OH excluding ortho intramolecular Hbond substituents is 4. The normalized spacial score (nSPS) is 11.4. The number of hydrogen-bond donors (Lipinski definition) is 4. The number of aromatic hydroxyl groups is 4. The second kappa shape index (κ2) is 11.1. The highest BCUT2D eigenvalue weighted by molar-refractivity contribution is 9.10. The molecule has 4 N–H and O–H groups in total. The quantitative estimate of drug-likeness (QED) is 0.141. The van der Waals surface area contributed by atoms with Crippen molar-refractivity contribution in [3.8, 4) is 45.3 Å². The summed E-state index contributed by atoms with van der Waals surface area (Å²) in [6, 6.07) is 42.8. The van der Waals surface area contributed by atoms with Crippen LogP contribution in [0.25, 0.3) is 22.3 Å². The summed E-state index contributed by atoms with van der Waals surface area (Å²) in [5.74, 6) is 0.197. The van der Waals surface area contributed by atoms with Crippen LogP contribution in [0.3, 0.4) is 0 Å². The van der Waals surface area contributed by atoms with Gasteiger partial charge in [0.15, 0.2) is 0 Å². The van der Waals surface area contributed by atoms with E-state index in [1.165, 1.54) is 0 Å². The van der Waals surface area contributed by atoms with Crippen LogP contribution in [0.1, 0.15) is 22.3 Å². The van der Waals surface area contributed by atoms with Crippen LogP contribution in [0, 0.1) is 0 Å². The van der Waals surface area contributed by atoms with Gasteiger partial charge in [-0.15, -0.1) is 0 Å². The summed E-state index contributed by atoms with van der Waals surface area (Å²) in [6.07, 6.45) is 0. The van der Waals surface area contributed by atoms with Crippen LogP contribution in [0.15, 0.2) is 144 Å². The molecule has 4 nitrogen and oxygen atoms in total. The van der Waals surface area contributed by atoms with Gasteiger partial charge in [0.1, 0.15) is 23.0 Å². The molecule has 0 bridgehead atoms. The Labute approximate surface area is 252 Å². The molecule has 6 aromatic rings. The van der Waals surface area contributed by atoms with E-state index in [1.54, 1.807) is 48.5 Å². The van der Waals surface area contributed by atoms with Crippen LogP contribution in [-0.2, 0) is 5.41 Å². The largest absolute Gasteiger partial charge is 0.507 e. The monoisotopic (exact) mass is 614 g/mol. The molecule has 0 aromatic heterocycles. The van der Waals surface area contributed by atoms with Crippen LogP contribution in [0.2, 0.25) is 0 Å². The van der Waals surface area contributed by atoms with E-state index in [0.29, 0.717) is 22.3 Å². The van der Waals surface area contributed by atoms with Gasteiger partial charge >= 0.3 is 0 Å². The van der Waals surface area contributed by atoms with Gasteiger partial charge in [0.05, 0.1) is 5.41 Å². The molecule has 42 heavy (non-hydrogen) atoms. The highest BCUT2D eigenvalue weighted by Crippen LogP contribution is 2.50. The van der Waals surface area contributed by atoms with Crippen molar-refractivity contribution in [3.05, 3.63) is 166 Å². The summed E-state index contributed by atoms with van der Waals surface area (Å²) in [7, 11) is 0. The van der Waals surface area contributed by atoms with Crippen LogP contribution < -0.4 is 0 Å². The van der Waals surface area contributed by atoms with Crippen LogP contribution in [0.4, 0.5) is 0 Å². The zero-order valence-corrected chi connectivity index (χ0v) is 24.0. The highest BCUT2D eigenvalue weighted by Gasteiger charge is 2.39. The van der Waals surface area contributed by atoms with Crippen LogP contribution in [-0.4, -0.2) is 20.4 Å².